The molecule has 12 heavy (non-hydrogen) atoms. The van der Waals surface area contributed by atoms with Gasteiger partial charge in [0, 0.05) is 0 Å². The quantitative estimate of drug-likeness (QED) is 0.575. The van der Waals surface area contributed by atoms with Gasteiger partial charge in [-0.2, -0.15) is 0 Å². The Morgan fingerprint density at radius 1 is 1.42 bits per heavy atom. The third-order valence-corrected chi connectivity index (χ3v) is 3.66. The number of rotatable bonds is 5. The molecule has 72 valence electrons. The molecule has 0 aliphatic heterocycles. The molecule has 0 N–H and O–H groups in total. The molecule has 0 saturated heterocycles. The van der Waals surface area contributed by atoms with Gasteiger partial charge in [-0.3, -0.25) is 0 Å². The van der Waals surface area contributed by atoms with Crippen LogP contribution in [0.5, 0.6) is 0 Å². The van der Waals surface area contributed by atoms with Crippen LogP contribution in [0.15, 0.2) is 0 Å². The van der Waals surface area contributed by atoms with E-state index in [9.17, 15) is 0 Å². The summed E-state index contributed by atoms with van der Waals surface area (Å²) in [5, 5.41) is 0. The highest BCUT2D eigenvalue weighted by Gasteiger charge is 2.44. The van der Waals surface area contributed by atoms with Crippen LogP contribution in [0.4, 0.5) is 0 Å². The van der Waals surface area contributed by atoms with Crippen LogP contribution in [0.25, 0.3) is 0 Å². The van der Waals surface area contributed by atoms with Gasteiger partial charge in [0.1, 0.15) is 0 Å². The highest BCUT2D eigenvalue weighted by atomic mass is 14.5. The minimum Gasteiger partial charge on any atom is -0.0651 e. The van der Waals surface area contributed by atoms with Crippen molar-refractivity contribution in [2.45, 2.75) is 59.8 Å². The van der Waals surface area contributed by atoms with Crippen molar-refractivity contribution in [2.75, 3.05) is 0 Å². The van der Waals surface area contributed by atoms with E-state index in [4.69, 9.17) is 0 Å². The average molecular weight is 168 g/mol. The summed E-state index contributed by atoms with van der Waals surface area (Å²) in [7, 11) is 0. The van der Waals surface area contributed by atoms with Crippen molar-refractivity contribution in [3.05, 3.63) is 0 Å². The second-order valence-corrected chi connectivity index (χ2v) is 5.33. The molecule has 0 radical (unpaired) electrons. The molecule has 2 atom stereocenters. The number of hydrogen-bond acceptors (Lipinski definition) is 0. The summed E-state index contributed by atoms with van der Waals surface area (Å²) >= 11 is 0. The maximum Gasteiger partial charge on any atom is -0.0323 e. The second-order valence-electron chi connectivity index (χ2n) is 5.33. The summed E-state index contributed by atoms with van der Waals surface area (Å²) in [5.74, 6) is 2.01. The van der Waals surface area contributed by atoms with E-state index in [-0.39, 0.29) is 0 Å². The molecule has 1 rings (SSSR count). The van der Waals surface area contributed by atoms with Crippen molar-refractivity contribution in [1.29, 1.82) is 0 Å². The zero-order valence-corrected chi connectivity index (χ0v) is 9.19. The summed E-state index contributed by atoms with van der Waals surface area (Å²) in [6, 6.07) is 0. The Hall–Kier alpha value is 0. The molecule has 0 amide bonds. The fraction of sp³-hybridized carbons (Fsp3) is 1.00. The number of hydrogen-bond donors (Lipinski definition) is 0. The van der Waals surface area contributed by atoms with Crippen LogP contribution in [0.2, 0.25) is 0 Å². The van der Waals surface area contributed by atoms with Crippen LogP contribution >= 0.6 is 0 Å². The fourth-order valence-corrected chi connectivity index (χ4v) is 1.99. The van der Waals surface area contributed by atoms with E-state index in [2.05, 4.69) is 27.7 Å². The van der Waals surface area contributed by atoms with Gasteiger partial charge in [-0.25, -0.2) is 0 Å². The Balaban J connectivity index is 1.98. The molecule has 1 fully saturated rings. The molecule has 0 heteroatoms. The summed E-state index contributed by atoms with van der Waals surface area (Å²) in [5.41, 5.74) is 0.704. The lowest BCUT2D eigenvalue weighted by atomic mass is 9.98. The van der Waals surface area contributed by atoms with Crippen LogP contribution < -0.4 is 0 Å². The molecule has 2 unspecified atom stereocenters. The van der Waals surface area contributed by atoms with Crippen LogP contribution in [-0.2, 0) is 0 Å². The Morgan fingerprint density at radius 2 is 2.00 bits per heavy atom. The molecule has 0 aromatic carbocycles. The SMILES string of the molecule is CCC(C)CCCC1CC1(C)C. The van der Waals surface area contributed by atoms with Gasteiger partial charge in [-0.1, -0.05) is 47.0 Å². The van der Waals surface area contributed by atoms with Gasteiger partial charge >= 0.3 is 0 Å². The van der Waals surface area contributed by atoms with Crippen LogP contribution in [0.1, 0.15) is 59.8 Å². The molecule has 0 nitrogen and oxygen atoms in total. The van der Waals surface area contributed by atoms with E-state index in [0.29, 0.717) is 5.41 Å². The monoisotopic (exact) mass is 168 g/mol. The molecular formula is C12H24. The van der Waals surface area contributed by atoms with Crippen molar-refractivity contribution >= 4 is 0 Å². The molecule has 0 bridgehead atoms. The maximum atomic E-state index is 2.40. The Kier molecular flexibility index (Phi) is 3.20. The van der Waals surface area contributed by atoms with Gasteiger partial charge < -0.3 is 0 Å². The van der Waals surface area contributed by atoms with E-state index in [1.165, 1.54) is 32.1 Å². The van der Waals surface area contributed by atoms with Crippen LogP contribution in [0.3, 0.4) is 0 Å². The van der Waals surface area contributed by atoms with E-state index in [0.717, 1.165) is 11.8 Å². The maximum absolute atomic E-state index is 2.40. The normalized spacial score (nSPS) is 28.5. The summed E-state index contributed by atoms with van der Waals surface area (Å²) in [6.07, 6.45) is 7.23. The van der Waals surface area contributed by atoms with Crippen molar-refractivity contribution < 1.29 is 0 Å². The van der Waals surface area contributed by atoms with E-state index in [1.54, 1.807) is 0 Å². The lowest BCUT2D eigenvalue weighted by Gasteiger charge is -2.08. The van der Waals surface area contributed by atoms with Gasteiger partial charge in [0.15, 0.2) is 0 Å². The predicted octanol–water partition coefficient (Wildman–Crippen LogP) is 4.25. The third-order valence-electron chi connectivity index (χ3n) is 3.66. The minimum atomic E-state index is 0.704. The lowest BCUT2D eigenvalue weighted by Crippen LogP contribution is -1.94. The standard InChI is InChI=1S/C12H24/c1-5-10(2)7-6-8-11-9-12(11,3)4/h10-11H,5-9H2,1-4H3. The first-order valence-corrected chi connectivity index (χ1v) is 5.56. The van der Waals surface area contributed by atoms with Gasteiger partial charge in [0.2, 0.25) is 0 Å². The van der Waals surface area contributed by atoms with Gasteiger partial charge in [-0.15, -0.1) is 0 Å². The highest BCUT2D eigenvalue weighted by Crippen LogP contribution is 2.54. The lowest BCUT2D eigenvalue weighted by molar-refractivity contribution is 0.447. The summed E-state index contributed by atoms with van der Waals surface area (Å²) in [6.45, 7) is 9.48. The highest BCUT2D eigenvalue weighted by molar-refractivity contribution is 4.94. The van der Waals surface area contributed by atoms with E-state index >= 15 is 0 Å². The Bertz CT molecular complexity index is 135. The van der Waals surface area contributed by atoms with Gasteiger partial charge in [-0.05, 0) is 30.1 Å². The van der Waals surface area contributed by atoms with E-state index < -0.39 is 0 Å². The average Bonchev–Trinajstić information content (AvgIpc) is 2.59. The van der Waals surface area contributed by atoms with Gasteiger partial charge in [0.05, 0.1) is 0 Å². The zero-order chi connectivity index (χ0) is 9.19. The molecule has 1 aliphatic carbocycles. The Labute approximate surface area is 77.7 Å². The zero-order valence-electron chi connectivity index (χ0n) is 9.19. The first kappa shape index (κ1) is 10.1. The van der Waals surface area contributed by atoms with Gasteiger partial charge in [0.25, 0.3) is 0 Å². The first-order chi connectivity index (χ1) is 5.56. The fourth-order valence-electron chi connectivity index (χ4n) is 1.99. The van der Waals surface area contributed by atoms with Crippen molar-refractivity contribution in [2.24, 2.45) is 17.3 Å². The molecule has 1 aliphatic rings. The molecule has 0 aromatic heterocycles. The molecule has 1 saturated carbocycles. The predicted molar refractivity (Wildman–Crippen MR) is 55.2 cm³/mol. The van der Waals surface area contributed by atoms with Crippen molar-refractivity contribution in [3.63, 3.8) is 0 Å². The first-order valence-electron chi connectivity index (χ1n) is 5.56. The largest absolute Gasteiger partial charge is 0.0651 e. The topological polar surface area (TPSA) is 0 Å². The van der Waals surface area contributed by atoms with E-state index in [1.807, 2.05) is 0 Å². The molecule has 0 heterocycles. The van der Waals surface area contributed by atoms with Crippen molar-refractivity contribution in [3.8, 4) is 0 Å². The Morgan fingerprint density at radius 3 is 2.42 bits per heavy atom. The molecular weight excluding hydrogens is 144 g/mol. The van der Waals surface area contributed by atoms with Crippen LogP contribution in [0, 0.1) is 17.3 Å². The third kappa shape index (κ3) is 2.80. The second kappa shape index (κ2) is 3.81. The van der Waals surface area contributed by atoms with Crippen LogP contribution in [-0.4, -0.2) is 0 Å². The van der Waals surface area contributed by atoms with Crippen molar-refractivity contribution in [1.82, 2.24) is 0 Å². The minimum absolute atomic E-state index is 0.704. The smallest absolute Gasteiger partial charge is 0.0323 e. The summed E-state index contributed by atoms with van der Waals surface area (Å²) < 4.78 is 0. The summed E-state index contributed by atoms with van der Waals surface area (Å²) in [4.78, 5) is 0. The molecule has 0 aromatic rings. The molecule has 0 spiro atoms.